The van der Waals surface area contributed by atoms with E-state index in [1.807, 2.05) is 0 Å². The number of carboxylic acids is 1. The summed E-state index contributed by atoms with van der Waals surface area (Å²) in [5.74, 6) is -3.82. The van der Waals surface area contributed by atoms with Gasteiger partial charge in [-0.15, -0.1) is 0 Å². The number of benzene rings is 1. The lowest BCUT2D eigenvalue weighted by Crippen LogP contribution is -2.23. The molecule has 114 valence electrons. The third-order valence-electron chi connectivity index (χ3n) is 3.26. The van der Waals surface area contributed by atoms with Crippen molar-refractivity contribution in [3.63, 3.8) is 0 Å². The number of carbonyl (C=O) groups is 2. The van der Waals surface area contributed by atoms with E-state index in [-0.39, 0.29) is 16.8 Å². The molecular formula is C16H12F2NO3-. The van der Waals surface area contributed by atoms with Gasteiger partial charge in [0.05, 0.1) is 11.7 Å². The Balaban J connectivity index is 2.31. The number of carboxylic acid groups (broad SMARTS) is 1. The van der Waals surface area contributed by atoms with Crippen molar-refractivity contribution in [2.24, 2.45) is 0 Å². The summed E-state index contributed by atoms with van der Waals surface area (Å²) >= 11 is 0. The monoisotopic (exact) mass is 304 g/mol. The van der Waals surface area contributed by atoms with Crippen LogP contribution in [0.15, 0.2) is 24.3 Å². The molecule has 4 nitrogen and oxygen atoms in total. The number of halogens is 2. The molecule has 0 spiro atoms. The molecule has 0 saturated carbocycles. The molecule has 0 bridgehead atoms. The second-order valence-corrected chi connectivity index (χ2v) is 4.78. The molecule has 0 fully saturated rings. The minimum absolute atomic E-state index is 0.151. The highest BCUT2D eigenvalue weighted by atomic mass is 19.2. The van der Waals surface area contributed by atoms with Crippen LogP contribution in [0, 0.1) is 25.5 Å². The summed E-state index contributed by atoms with van der Waals surface area (Å²) in [6.45, 7) is 3.06. The maximum Gasteiger partial charge on any atom is 0.187 e. The molecule has 2 aromatic rings. The van der Waals surface area contributed by atoms with Gasteiger partial charge in [0.2, 0.25) is 0 Å². The van der Waals surface area contributed by atoms with Gasteiger partial charge < -0.3 is 14.9 Å². The number of nitrogens with one attached hydrogen (secondary N) is 1. The van der Waals surface area contributed by atoms with Gasteiger partial charge in [-0.2, -0.15) is 0 Å². The molecule has 0 aliphatic heterocycles. The second-order valence-electron chi connectivity index (χ2n) is 4.78. The Bertz CT molecular complexity index is 791. The maximum atomic E-state index is 13.1. The van der Waals surface area contributed by atoms with Crippen LogP contribution in [-0.2, 0) is 0 Å². The number of aromatic carboxylic acids is 1. The number of hydrogen-bond donors (Lipinski definition) is 1. The molecule has 2 rings (SSSR count). The van der Waals surface area contributed by atoms with E-state index in [1.165, 1.54) is 25.1 Å². The van der Waals surface area contributed by atoms with E-state index < -0.39 is 23.4 Å². The van der Waals surface area contributed by atoms with Crippen molar-refractivity contribution in [2.75, 3.05) is 0 Å². The average Bonchev–Trinajstić information content (AvgIpc) is 2.75. The number of hydrogen-bond acceptors (Lipinski definition) is 3. The molecule has 1 heterocycles. The van der Waals surface area contributed by atoms with Crippen LogP contribution in [0.25, 0.3) is 6.08 Å². The largest absolute Gasteiger partial charge is 0.543 e. The van der Waals surface area contributed by atoms with Crippen LogP contribution in [0.1, 0.15) is 37.7 Å². The van der Waals surface area contributed by atoms with E-state index in [9.17, 15) is 23.5 Å². The Labute approximate surface area is 125 Å². The molecular weight excluding hydrogens is 292 g/mol. The van der Waals surface area contributed by atoms with Crippen molar-refractivity contribution >= 4 is 17.8 Å². The summed E-state index contributed by atoms with van der Waals surface area (Å²) in [7, 11) is 0. The molecule has 0 saturated heterocycles. The highest BCUT2D eigenvalue weighted by Crippen LogP contribution is 2.19. The fraction of sp³-hybridized carbons (Fsp3) is 0.125. The quantitative estimate of drug-likeness (QED) is 0.695. The zero-order chi connectivity index (χ0) is 16.4. The summed E-state index contributed by atoms with van der Waals surface area (Å²) in [5, 5.41) is 10.9. The van der Waals surface area contributed by atoms with Crippen LogP contribution in [0.4, 0.5) is 8.78 Å². The molecule has 6 heteroatoms. The van der Waals surface area contributed by atoms with Crippen LogP contribution >= 0.6 is 0 Å². The molecule has 0 amide bonds. The number of aryl methyl sites for hydroxylation is 1. The molecule has 1 aromatic heterocycles. The Morgan fingerprint density at radius 2 is 1.86 bits per heavy atom. The SMILES string of the molecule is Cc1[nH]c(C(=O)[O-])c(C)c1C(=O)/C=C/c1ccc(F)c(F)c1. The van der Waals surface area contributed by atoms with Gasteiger partial charge in [0, 0.05) is 11.3 Å². The molecule has 0 aliphatic rings. The summed E-state index contributed by atoms with van der Waals surface area (Å²) in [5.41, 5.74) is 1.06. The van der Waals surface area contributed by atoms with Crippen molar-refractivity contribution in [3.8, 4) is 0 Å². The Kier molecular flexibility index (Phi) is 4.21. The molecule has 1 aromatic carbocycles. The fourth-order valence-corrected chi connectivity index (χ4v) is 2.20. The third-order valence-corrected chi connectivity index (χ3v) is 3.26. The molecule has 0 radical (unpaired) electrons. The molecule has 0 atom stereocenters. The van der Waals surface area contributed by atoms with Crippen molar-refractivity contribution < 1.29 is 23.5 Å². The van der Waals surface area contributed by atoms with Gasteiger partial charge in [-0.3, -0.25) is 4.79 Å². The van der Waals surface area contributed by atoms with Crippen molar-refractivity contribution in [2.45, 2.75) is 13.8 Å². The highest BCUT2D eigenvalue weighted by molar-refractivity contribution is 6.10. The van der Waals surface area contributed by atoms with Gasteiger partial charge >= 0.3 is 0 Å². The molecule has 22 heavy (non-hydrogen) atoms. The summed E-state index contributed by atoms with van der Waals surface area (Å²) in [6, 6.07) is 3.24. The maximum absolute atomic E-state index is 13.1. The predicted octanol–water partition coefficient (Wildman–Crippen LogP) is 2.17. The van der Waals surface area contributed by atoms with Gasteiger partial charge in [-0.25, -0.2) is 8.78 Å². The van der Waals surface area contributed by atoms with Gasteiger partial charge in [0.15, 0.2) is 17.4 Å². The van der Waals surface area contributed by atoms with Gasteiger partial charge in [0.25, 0.3) is 0 Å². The Hall–Kier alpha value is -2.76. The first-order valence-corrected chi connectivity index (χ1v) is 6.39. The number of carbonyl (C=O) groups excluding carboxylic acids is 2. The standard InChI is InChI=1S/C16H13F2NO3/c1-8-14(9(2)19-15(8)16(21)22)13(20)6-4-10-3-5-11(17)12(18)7-10/h3-7,19H,1-2H3,(H,21,22)/p-1/b6-4+. The third kappa shape index (κ3) is 2.95. The first-order valence-electron chi connectivity index (χ1n) is 6.39. The Morgan fingerprint density at radius 1 is 1.18 bits per heavy atom. The zero-order valence-corrected chi connectivity index (χ0v) is 11.9. The van der Waals surface area contributed by atoms with Crippen LogP contribution in [0.2, 0.25) is 0 Å². The van der Waals surface area contributed by atoms with Gasteiger partial charge in [0.1, 0.15) is 0 Å². The first kappa shape index (κ1) is 15.6. The van der Waals surface area contributed by atoms with Crippen molar-refractivity contribution in [3.05, 3.63) is 64.0 Å². The molecule has 0 aliphatic carbocycles. The van der Waals surface area contributed by atoms with E-state index in [0.29, 0.717) is 11.3 Å². The van der Waals surface area contributed by atoms with E-state index in [1.54, 1.807) is 6.92 Å². The average molecular weight is 304 g/mol. The van der Waals surface area contributed by atoms with Crippen molar-refractivity contribution in [1.82, 2.24) is 4.98 Å². The number of aromatic nitrogens is 1. The van der Waals surface area contributed by atoms with E-state index >= 15 is 0 Å². The van der Waals surface area contributed by atoms with E-state index in [2.05, 4.69) is 4.98 Å². The first-order chi connectivity index (χ1) is 10.3. The molecule has 0 unspecified atom stereocenters. The molecule has 1 N–H and O–H groups in total. The second kappa shape index (κ2) is 5.93. The smallest absolute Gasteiger partial charge is 0.187 e. The zero-order valence-electron chi connectivity index (χ0n) is 11.9. The van der Waals surface area contributed by atoms with E-state index in [0.717, 1.165) is 12.1 Å². The number of rotatable bonds is 4. The van der Waals surface area contributed by atoms with Crippen LogP contribution in [0.3, 0.4) is 0 Å². The van der Waals surface area contributed by atoms with Crippen molar-refractivity contribution in [1.29, 1.82) is 0 Å². The minimum Gasteiger partial charge on any atom is -0.543 e. The lowest BCUT2D eigenvalue weighted by Gasteiger charge is -2.00. The fourth-order valence-electron chi connectivity index (χ4n) is 2.20. The minimum atomic E-state index is -1.40. The number of H-pyrrole nitrogens is 1. The highest BCUT2D eigenvalue weighted by Gasteiger charge is 2.16. The summed E-state index contributed by atoms with van der Waals surface area (Å²) < 4.78 is 25.9. The summed E-state index contributed by atoms with van der Waals surface area (Å²) in [6.07, 6.45) is 2.50. The lowest BCUT2D eigenvalue weighted by atomic mass is 10.0. The summed E-state index contributed by atoms with van der Waals surface area (Å²) in [4.78, 5) is 25.7. The predicted molar refractivity (Wildman–Crippen MR) is 74.3 cm³/mol. The van der Waals surface area contributed by atoms with Gasteiger partial charge in [-0.05, 0) is 43.2 Å². The van der Waals surface area contributed by atoms with E-state index in [4.69, 9.17) is 0 Å². The number of ketones is 1. The topological polar surface area (TPSA) is 73.0 Å². The number of allylic oxidation sites excluding steroid dienone is 1. The van der Waals surface area contributed by atoms with Gasteiger partial charge in [-0.1, -0.05) is 12.1 Å². The number of aromatic amines is 1. The normalized spacial score (nSPS) is 11.1. The lowest BCUT2D eigenvalue weighted by molar-refractivity contribution is -0.255. The van der Waals surface area contributed by atoms with Crippen LogP contribution < -0.4 is 5.11 Å². The van der Waals surface area contributed by atoms with Crippen LogP contribution in [0.5, 0.6) is 0 Å². The Morgan fingerprint density at radius 3 is 2.41 bits per heavy atom. The van der Waals surface area contributed by atoms with Crippen LogP contribution in [-0.4, -0.2) is 16.7 Å².